The van der Waals surface area contributed by atoms with Crippen LogP contribution in [0.5, 0.6) is 0 Å². The van der Waals surface area contributed by atoms with Crippen LogP contribution in [0.15, 0.2) is 51.7 Å². The normalized spacial score (nSPS) is 19.6. The van der Waals surface area contributed by atoms with Crippen LogP contribution in [0.4, 0.5) is 5.69 Å². The number of methoxy groups -OCH3 is 1. The van der Waals surface area contributed by atoms with Crippen LogP contribution >= 0.6 is 0 Å². The van der Waals surface area contributed by atoms with Crippen LogP contribution < -0.4 is 10.3 Å². The highest BCUT2D eigenvalue weighted by atomic mass is 16.5. The minimum absolute atomic E-state index is 0.0581. The van der Waals surface area contributed by atoms with Crippen molar-refractivity contribution in [1.82, 2.24) is 4.90 Å². The third kappa shape index (κ3) is 2.41. The summed E-state index contributed by atoms with van der Waals surface area (Å²) in [5.74, 6) is -0.848. The largest absolute Gasteiger partial charge is 0.450 e. The molecule has 0 saturated heterocycles. The van der Waals surface area contributed by atoms with Gasteiger partial charge in [-0.3, -0.25) is 14.4 Å². The molecule has 0 radical (unpaired) electrons. The summed E-state index contributed by atoms with van der Waals surface area (Å²) in [6.45, 7) is 2.55. The predicted octanol–water partition coefficient (Wildman–Crippen LogP) is 2.81. The highest BCUT2D eigenvalue weighted by Crippen LogP contribution is 2.52. The first kappa shape index (κ1) is 19.5. The topological polar surface area (TPSA) is 80.1 Å². The van der Waals surface area contributed by atoms with Crippen LogP contribution in [0.25, 0.3) is 11.0 Å². The van der Waals surface area contributed by atoms with Crippen LogP contribution in [0, 0.1) is 6.92 Å². The van der Waals surface area contributed by atoms with Gasteiger partial charge in [-0.05, 0) is 31.5 Å². The third-order valence-corrected chi connectivity index (χ3v) is 6.25. The Morgan fingerprint density at radius 3 is 2.65 bits per heavy atom. The molecule has 0 fully saturated rings. The molecular formula is C24H22N2O5. The van der Waals surface area contributed by atoms with E-state index in [4.69, 9.17) is 9.15 Å². The lowest BCUT2D eigenvalue weighted by Gasteiger charge is -2.33. The Morgan fingerprint density at radius 2 is 1.87 bits per heavy atom. The molecule has 3 heterocycles. The molecule has 2 aliphatic rings. The molecule has 158 valence electrons. The van der Waals surface area contributed by atoms with E-state index in [0.717, 1.165) is 5.56 Å². The molecule has 0 aliphatic carbocycles. The maximum atomic E-state index is 13.8. The van der Waals surface area contributed by atoms with Crippen molar-refractivity contribution in [3.05, 3.63) is 75.1 Å². The number of carbonyl (C=O) groups is 2. The fourth-order valence-electron chi connectivity index (χ4n) is 4.88. The molecule has 7 nitrogen and oxygen atoms in total. The van der Waals surface area contributed by atoms with Gasteiger partial charge >= 0.3 is 0 Å². The Morgan fingerprint density at radius 1 is 1.10 bits per heavy atom. The van der Waals surface area contributed by atoms with E-state index < -0.39 is 11.4 Å². The second-order valence-corrected chi connectivity index (χ2v) is 8.03. The van der Waals surface area contributed by atoms with Crippen LogP contribution in [0.1, 0.15) is 33.7 Å². The summed E-state index contributed by atoms with van der Waals surface area (Å²) in [6, 6.07) is 12.5. The van der Waals surface area contributed by atoms with Gasteiger partial charge in [-0.25, -0.2) is 0 Å². The van der Waals surface area contributed by atoms with Crippen molar-refractivity contribution in [2.45, 2.75) is 18.9 Å². The van der Waals surface area contributed by atoms with Crippen molar-refractivity contribution in [2.24, 2.45) is 0 Å². The number of likely N-dealkylation sites (N-methyl/N-ethyl adjacent to an activating group) is 1. The summed E-state index contributed by atoms with van der Waals surface area (Å²) >= 11 is 0. The van der Waals surface area contributed by atoms with Crippen molar-refractivity contribution in [2.75, 3.05) is 32.2 Å². The minimum atomic E-state index is -1.54. The lowest BCUT2D eigenvalue weighted by molar-refractivity contribution is -0.125. The number of para-hydroxylation sites is 1. The van der Waals surface area contributed by atoms with Gasteiger partial charge in [0.1, 0.15) is 5.58 Å². The average molecular weight is 418 g/mol. The monoisotopic (exact) mass is 418 g/mol. The molecule has 2 aliphatic heterocycles. The number of hydrogen-bond donors (Lipinski definition) is 0. The first-order valence-electron chi connectivity index (χ1n) is 10.2. The van der Waals surface area contributed by atoms with Crippen molar-refractivity contribution >= 4 is 28.5 Å². The second-order valence-electron chi connectivity index (χ2n) is 8.03. The van der Waals surface area contributed by atoms with Gasteiger partial charge in [0.15, 0.2) is 11.0 Å². The van der Waals surface area contributed by atoms with Crippen molar-refractivity contribution in [1.29, 1.82) is 0 Å². The summed E-state index contributed by atoms with van der Waals surface area (Å²) in [5.41, 5.74) is 0.745. The number of rotatable bonds is 4. The van der Waals surface area contributed by atoms with Gasteiger partial charge < -0.3 is 19.0 Å². The zero-order valence-corrected chi connectivity index (χ0v) is 17.6. The van der Waals surface area contributed by atoms with Gasteiger partial charge in [0.2, 0.25) is 5.76 Å². The minimum Gasteiger partial charge on any atom is -0.450 e. The molecule has 0 N–H and O–H groups in total. The highest BCUT2D eigenvalue weighted by Gasteiger charge is 2.64. The molecule has 5 rings (SSSR count). The standard InChI is InChI=1S/C24H22N2O5/c1-14-9-10-18-15(13-14)20(27)19-21(31-18)22(28)26(11-6-12-30-3)24(19)16-7-4-5-8-17(16)25(2)23(24)29/h4-5,7-10,13H,6,11-12H2,1-3H3/t24-/m1/s1. The Kier molecular flexibility index (Phi) is 4.27. The van der Waals surface area contributed by atoms with Gasteiger partial charge in [0.05, 0.1) is 10.9 Å². The Labute approximate surface area is 178 Å². The molecule has 1 aromatic heterocycles. The molecule has 7 heteroatoms. The molecule has 1 atom stereocenters. The molecule has 2 amide bonds. The maximum absolute atomic E-state index is 13.8. The van der Waals surface area contributed by atoms with E-state index in [1.165, 1.54) is 9.80 Å². The quantitative estimate of drug-likeness (QED) is 0.609. The lowest BCUT2D eigenvalue weighted by Crippen LogP contribution is -2.53. The molecule has 1 spiro atoms. The van der Waals surface area contributed by atoms with Gasteiger partial charge in [0.25, 0.3) is 11.8 Å². The number of benzene rings is 2. The third-order valence-electron chi connectivity index (χ3n) is 6.25. The number of fused-ring (bicyclic) bond motifs is 5. The first-order chi connectivity index (χ1) is 14.9. The fraction of sp³-hybridized carbons (Fsp3) is 0.292. The Balaban J connectivity index is 1.88. The van der Waals surface area contributed by atoms with Crippen LogP contribution in [-0.2, 0) is 15.1 Å². The van der Waals surface area contributed by atoms with Gasteiger partial charge in [0, 0.05) is 38.6 Å². The van der Waals surface area contributed by atoms with Gasteiger partial charge in [-0.15, -0.1) is 0 Å². The number of carbonyl (C=O) groups excluding carboxylic acids is 2. The number of nitrogens with zero attached hydrogens (tertiary/aromatic N) is 2. The van der Waals surface area contributed by atoms with Crippen LogP contribution in [0.3, 0.4) is 0 Å². The summed E-state index contributed by atoms with van der Waals surface area (Å²) in [5, 5.41) is 0.365. The van der Waals surface area contributed by atoms with Gasteiger partial charge in [-0.2, -0.15) is 0 Å². The van der Waals surface area contributed by atoms with Crippen LogP contribution in [0.2, 0.25) is 0 Å². The Bertz CT molecular complexity index is 1310. The van der Waals surface area contributed by atoms with Crippen molar-refractivity contribution < 1.29 is 18.7 Å². The molecule has 31 heavy (non-hydrogen) atoms. The molecule has 0 saturated carbocycles. The smallest absolute Gasteiger partial charge is 0.291 e. The van der Waals surface area contributed by atoms with E-state index in [1.807, 2.05) is 37.3 Å². The predicted molar refractivity (Wildman–Crippen MR) is 115 cm³/mol. The summed E-state index contributed by atoms with van der Waals surface area (Å²) in [6.07, 6.45) is 0.518. The maximum Gasteiger partial charge on any atom is 0.291 e. The Hall–Kier alpha value is -3.45. The number of ether oxygens (including phenoxy) is 1. The fourth-order valence-corrected chi connectivity index (χ4v) is 4.88. The zero-order valence-electron chi connectivity index (χ0n) is 17.6. The summed E-state index contributed by atoms with van der Waals surface area (Å²) in [7, 11) is 3.25. The second kappa shape index (κ2) is 6.78. The average Bonchev–Trinajstić information content (AvgIpc) is 3.15. The molecule has 0 bridgehead atoms. The molecule has 2 aromatic carbocycles. The van der Waals surface area contributed by atoms with E-state index in [1.54, 1.807) is 26.3 Å². The van der Waals surface area contributed by atoms with E-state index in [9.17, 15) is 14.4 Å². The van der Waals surface area contributed by atoms with E-state index in [-0.39, 0.29) is 29.2 Å². The molecule has 0 unspecified atom stereocenters. The first-order valence-corrected chi connectivity index (χ1v) is 10.2. The highest BCUT2D eigenvalue weighted by molar-refractivity contribution is 6.16. The number of amides is 2. The number of hydrogen-bond acceptors (Lipinski definition) is 5. The molecular weight excluding hydrogens is 396 g/mol. The van der Waals surface area contributed by atoms with Crippen LogP contribution in [-0.4, -0.2) is 44.0 Å². The van der Waals surface area contributed by atoms with Crippen molar-refractivity contribution in [3.63, 3.8) is 0 Å². The van der Waals surface area contributed by atoms with E-state index in [0.29, 0.717) is 35.2 Å². The SMILES string of the molecule is COCCCN1C(=O)c2oc3ccc(C)cc3c(=O)c2[C@]12C(=O)N(C)c1ccccc12. The molecule has 3 aromatic rings. The lowest BCUT2D eigenvalue weighted by atomic mass is 9.84. The zero-order chi connectivity index (χ0) is 21.9. The van der Waals surface area contributed by atoms with Crippen molar-refractivity contribution in [3.8, 4) is 0 Å². The summed E-state index contributed by atoms with van der Waals surface area (Å²) in [4.78, 5) is 44.2. The summed E-state index contributed by atoms with van der Waals surface area (Å²) < 4.78 is 11.1. The van der Waals surface area contributed by atoms with E-state index in [2.05, 4.69) is 0 Å². The number of aryl methyl sites for hydroxylation is 1. The van der Waals surface area contributed by atoms with Gasteiger partial charge in [-0.1, -0.05) is 29.8 Å². The van der Waals surface area contributed by atoms with E-state index >= 15 is 0 Å². The number of anilines is 1.